The molecule has 3 aromatic rings. The lowest BCUT2D eigenvalue weighted by atomic mass is 10.1. The topological polar surface area (TPSA) is 90.0 Å². The normalized spacial score (nSPS) is 13.0. The zero-order valence-electron chi connectivity index (χ0n) is 16.7. The molecule has 0 aliphatic carbocycles. The molecule has 3 rings (SSSR count). The Morgan fingerprint density at radius 2 is 2.07 bits per heavy atom. The molecule has 0 saturated heterocycles. The molecule has 1 amide bonds. The molecule has 0 saturated carbocycles. The quantitative estimate of drug-likeness (QED) is 0.389. The smallest absolute Gasteiger partial charge is 0.268 e. The Morgan fingerprint density at radius 1 is 1.27 bits per heavy atom. The Bertz CT molecular complexity index is 1020. The van der Waals surface area contributed by atoms with Gasteiger partial charge in [-0.05, 0) is 43.2 Å². The molecular weight excluding hydrogens is 423 g/mol. The molecule has 0 bridgehead atoms. The fourth-order valence-corrected chi connectivity index (χ4v) is 3.38. The highest BCUT2D eigenvalue weighted by Crippen LogP contribution is 2.30. The second-order valence-corrected chi connectivity index (χ2v) is 7.91. The van der Waals surface area contributed by atoms with Gasteiger partial charge in [-0.3, -0.25) is 4.79 Å². The molecule has 30 heavy (non-hydrogen) atoms. The fraction of sp³-hybridized carbons (Fsp3) is 0.273. The second-order valence-electron chi connectivity index (χ2n) is 7.07. The summed E-state index contributed by atoms with van der Waals surface area (Å²) < 4.78 is 0. The van der Waals surface area contributed by atoms with Crippen LogP contribution in [0.15, 0.2) is 48.8 Å². The predicted molar refractivity (Wildman–Crippen MR) is 121 cm³/mol. The highest BCUT2D eigenvalue weighted by molar-refractivity contribution is 6.33. The van der Waals surface area contributed by atoms with Gasteiger partial charge < -0.3 is 20.7 Å². The summed E-state index contributed by atoms with van der Waals surface area (Å²) in [6.45, 7) is 3.92. The summed E-state index contributed by atoms with van der Waals surface area (Å²) in [6, 6.07) is 10.3. The first kappa shape index (κ1) is 22.2. The molecule has 0 spiro atoms. The van der Waals surface area contributed by atoms with Gasteiger partial charge in [0.25, 0.3) is 5.91 Å². The van der Waals surface area contributed by atoms with Gasteiger partial charge in [-0.15, -0.1) is 0 Å². The Labute approximate surface area is 185 Å². The summed E-state index contributed by atoms with van der Waals surface area (Å²) in [5.74, 6) is 0.376. The second kappa shape index (κ2) is 9.98. The zero-order valence-corrected chi connectivity index (χ0v) is 18.3. The number of aliphatic hydroxyl groups excluding tert-OH is 1. The molecule has 0 aliphatic heterocycles. The largest absolute Gasteiger partial charge is 0.394 e. The fourth-order valence-electron chi connectivity index (χ4n) is 2.97. The van der Waals surface area contributed by atoms with Crippen molar-refractivity contribution in [3.05, 3.63) is 70.1 Å². The summed E-state index contributed by atoms with van der Waals surface area (Å²) in [5, 5.41) is 16.9. The Kier molecular flexibility index (Phi) is 7.37. The summed E-state index contributed by atoms with van der Waals surface area (Å²) in [5.41, 5.74) is 2.61. The maximum absolute atomic E-state index is 12.7. The van der Waals surface area contributed by atoms with E-state index in [4.69, 9.17) is 23.2 Å². The number of halogens is 2. The predicted octanol–water partition coefficient (Wildman–Crippen LogP) is 5.06. The van der Waals surface area contributed by atoms with Gasteiger partial charge in [-0.2, -0.15) is 0 Å². The van der Waals surface area contributed by atoms with Crippen LogP contribution in [0.1, 0.15) is 42.4 Å². The summed E-state index contributed by atoms with van der Waals surface area (Å²) >= 11 is 12.4. The van der Waals surface area contributed by atoms with E-state index in [0.717, 1.165) is 28.9 Å². The van der Waals surface area contributed by atoms with Crippen molar-refractivity contribution in [3.63, 3.8) is 0 Å². The van der Waals surface area contributed by atoms with E-state index < -0.39 is 6.04 Å². The number of hydrogen-bond acceptors (Lipinski definition) is 4. The molecule has 0 aliphatic rings. The number of pyridine rings is 1. The van der Waals surface area contributed by atoms with Crippen molar-refractivity contribution in [2.45, 2.75) is 32.4 Å². The van der Waals surface area contributed by atoms with E-state index in [2.05, 4.69) is 34.4 Å². The van der Waals surface area contributed by atoms with E-state index in [1.165, 1.54) is 0 Å². The van der Waals surface area contributed by atoms with Gasteiger partial charge in [0.1, 0.15) is 11.5 Å². The Balaban J connectivity index is 1.78. The monoisotopic (exact) mass is 446 g/mol. The van der Waals surface area contributed by atoms with Gasteiger partial charge in [-0.25, -0.2) is 4.98 Å². The van der Waals surface area contributed by atoms with Gasteiger partial charge in [0.05, 0.1) is 17.7 Å². The average molecular weight is 447 g/mol. The van der Waals surface area contributed by atoms with Gasteiger partial charge >= 0.3 is 0 Å². The highest BCUT2D eigenvalue weighted by atomic mass is 35.5. The SMILES string of the molecule is CC[C@H](C)Nc1cc(-c2c[nH]c(C(=O)N[C@H](CO)c3cccc(Cl)c3)c2)c(Cl)cn1. The molecule has 6 nitrogen and oxygen atoms in total. The minimum absolute atomic E-state index is 0.250. The van der Waals surface area contributed by atoms with Crippen molar-refractivity contribution in [1.29, 1.82) is 0 Å². The Hall–Kier alpha value is -2.54. The van der Waals surface area contributed by atoms with Crippen LogP contribution in [0.3, 0.4) is 0 Å². The number of amides is 1. The van der Waals surface area contributed by atoms with Gasteiger partial charge in [0.2, 0.25) is 0 Å². The number of carbonyl (C=O) groups is 1. The first-order chi connectivity index (χ1) is 14.4. The molecule has 2 aromatic heterocycles. The van der Waals surface area contributed by atoms with Crippen molar-refractivity contribution in [1.82, 2.24) is 15.3 Å². The van der Waals surface area contributed by atoms with Crippen LogP contribution in [0, 0.1) is 0 Å². The van der Waals surface area contributed by atoms with E-state index in [0.29, 0.717) is 15.7 Å². The van der Waals surface area contributed by atoms with Gasteiger partial charge in [0, 0.05) is 34.6 Å². The molecule has 8 heteroatoms. The van der Waals surface area contributed by atoms with E-state index in [1.807, 2.05) is 6.07 Å². The van der Waals surface area contributed by atoms with Crippen LogP contribution in [-0.4, -0.2) is 33.6 Å². The Morgan fingerprint density at radius 3 is 2.77 bits per heavy atom. The average Bonchev–Trinajstić information content (AvgIpc) is 3.23. The van der Waals surface area contributed by atoms with Gasteiger partial charge in [-0.1, -0.05) is 42.3 Å². The number of hydrogen-bond donors (Lipinski definition) is 4. The number of nitrogens with one attached hydrogen (secondary N) is 3. The van der Waals surface area contributed by atoms with Crippen LogP contribution in [0.5, 0.6) is 0 Å². The van der Waals surface area contributed by atoms with Crippen molar-refractivity contribution in [2.24, 2.45) is 0 Å². The number of aromatic nitrogens is 2. The minimum atomic E-state index is -0.571. The van der Waals surface area contributed by atoms with Crippen LogP contribution >= 0.6 is 23.2 Å². The standard InChI is InChI=1S/C22H24Cl2N4O2/c1-3-13(2)27-21-9-17(18(24)11-26-21)15-8-19(25-10-15)22(30)28-20(12-29)14-5-4-6-16(23)7-14/h4-11,13,20,25,29H,3,12H2,1-2H3,(H,26,27)(H,28,30)/t13-,20+/m0/s1. The van der Waals surface area contributed by atoms with E-state index >= 15 is 0 Å². The van der Waals surface area contributed by atoms with Crippen LogP contribution in [-0.2, 0) is 0 Å². The summed E-state index contributed by atoms with van der Waals surface area (Å²) in [6.07, 6.45) is 4.28. The van der Waals surface area contributed by atoms with Crippen LogP contribution in [0.25, 0.3) is 11.1 Å². The maximum Gasteiger partial charge on any atom is 0.268 e. The third-order valence-corrected chi connectivity index (χ3v) is 5.38. The number of aliphatic hydroxyl groups is 1. The molecule has 0 unspecified atom stereocenters. The highest BCUT2D eigenvalue weighted by Gasteiger charge is 2.18. The van der Waals surface area contributed by atoms with Gasteiger partial charge in [0.15, 0.2) is 0 Å². The van der Waals surface area contributed by atoms with E-state index in [1.54, 1.807) is 42.7 Å². The molecule has 1 aromatic carbocycles. The molecule has 158 valence electrons. The summed E-state index contributed by atoms with van der Waals surface area (Å²) in [7, 11) is 0. The number of nitrogens with zero attached hydrogens (tertiary/aromatic N) is 1. The molecule has 0 fully saturated rings. The lowest BCUT2D eigenvalue weighted by Crippen LogP contribution is -2.31. The minimum Gasteiger partial charge on any atom is -0.394 e. The number of benzene rings is 1. The maximum atomic E-state index is 12.7. The number of H-pyrrole nitrogens is 1. The zero-order chi connectivity index (χ0) is 21.7. The first-order valence-corrected chi connectivity index (χ1v) is 10.4. The third kappa shape index (κ3) is 5.33. The number of aromatic amines is 1. The first-order valence-electron chi connectivity index (χ1n) is 9.69. The van der Waals surface area contributed by atoms with Crippen LogP contribution in [0.4, 0.5) is 5.82 Å². The lowest BCUT2D eigenvalue weighted by molar-refractivity contribution is 0.0912. The summed E-state index contributed by atoms with van der Waals surface area (Å²) in [4.78, 5) is 20.0. The van der Waals surface area contributed by atoms with E-state index in [-0.39, 0.29) is 18.6 Å². The number of carbonyl (C=O) groups excluding carboxylic acids is 1. The van der Waals surface area contributed by atoms with Crippen molar-refractivity contribution < 1.29 is 9.90 Å². The number of rotatable bonds is 8. The molecular formula is C22H24Cl2N4O2. The number of anilines is 1. The molecule has 2 heterocycles. The van der Waals surface area contributed by atoms with Crippen molar-refractivity contribution in [2.75, 3.05) is 11.9 Å². The molecule has 4 N–H and O–H groups in total. The van der Waals surface area contributed by atoms with Crippen LogP contribution in [0.2, 0.25) is 10.0 Å². The molecule has 2 atom stereocenters. The van der Waals surface area contributed by atoms with Crippen LogP contribution < -0.4 is 10.6 Å². The lowest BCUT2D eigenvalue weighted by Gasteiger charge is -2.16. The molecule has 0 radical (unpaired) electrons. The van der Waals surface area contributed by atoms with E-state index in [9.17, 15) is 9.90 Å². The van der Waals surface area contributed by atoms with Crippen molar-refractivity contribution >= 4 is 34.9 Å². The third-order valence-electron chi connectivity index (χ3n) is 4.84. The van der Waals surface area contributed by atoms with Crippen molar-refractivity contribution in [3.8, 4) is 11.1 Å².